The van der Waals surface area contributed by atoms with Gasteiger partial charge in [0, 0.05) is 6.04 Å². The molecule has 0 aliphatic heterocycles. The Hall–Kier alpha value is -1.55. The first-order chi connectivity index (χ1) is 7.54. The van der Waals surface area contributed by atoms with Crippen molar-refractivity contribution in [2.45, 2.75) is 26.3 Å². The van der Waals surface area contributed by atoms with E-state index in [1.165, 1.54) is 0 Å². The molecule has 1 atom stereocenters. The van der Waals surface area contributed by atoms with Gasteiger partial charge in [-0.3, -0.25) is 10.6 Å². The van der Waals surface area contributed by atoms with Crippen molar-refractivity contribution in [1.82, 2.24) is 5.32 Å². The van der Waals surface area contributed by atoms with Gasteiger partial charge in [0.05, 0.1) is 11.3 Å². The van der Waals surface area contributed by atoms with Crippen LogP contribution in [0.2, 0.25) is 0 Å². The smallest absolute Gasteiger partial charge is 0.253 e. The number of nitrogens with one attached hydrogen (secondary N) is 2. The second-order valence-corrected chi connectivity index (χ2v) is 4.91. The molecule has 2 rings (SSSR count). The average molecular weight is 219 g/mol. The van der Waals surface area contributed by atoms with Gasteiger partial charge in [-0.25, -0.2) is 0 Å². The number of amides is 1. The molecular weight excluding hydrogens is 202 g/mol. The fourth-order valence-electron chi connectivity index (χ4n) is 1.76. The molecule has 1 aromatic rings. The molecule has 86 valence electrons. The number of carbonyl (C=O) groups is 1. The minimum absolute atomic E-state index is 0.0656. The molecule has 1 unspecified atom stereocenters. The first-order valence-corrected chi connectivity index (χ1v) is 5.41. The van der Waals surface area contributed by atoms with Gasteiger partial charge in [-0.15, -0.1) is 0 Å². The Bertz CT molecular complexity index is 414. The van der Waals surface area contributed by atoms with Gasteiger partial charge < -0.3 is 10.7 Å². The molecule has 16 heavy (non-hydrogen) atoms. The van der Waals surface area contributed by atoms with Crippen LogP contribution in [0, 0.1) is 5.41 Å². The topological polar surface area (TPSA) is 67.2 Å². The predicted molar refractivity (Wildman–Crippen MR) is 63.9 cm³/mol. The molecule has 1 fully saturated rings. The Morgan fingerprint density at radius 1 is 1.44 bits per heavy atom. The summed E-state index contributed by atoms with van der Waals surface area (Å²) in [4.78, 5) is 12.0. The van der Waals surface area contributed by atoms with Crippen molar-refractivity contribution >= 4 is 11.6 Å². The number of hydrogen-bond donors (Lipinski definition) is 3. The van der Waals surface area contributed by atoms with Gasteiger partial charge in [0.1, 0.15) is 0 Å². The summed E-state index contributed by atoms with van der Waals surface area (Å²) in [5, 5.41) is 3.00. The summed E-state index contributed by atoms with van der Waals surface area (Å²) in [5.74, 6) is 5.29. The Balaban J connectivity index is 2.09. The van der Waals surface area contributed by atoms with Crippen molar-refractivity contribution in [2.75, 3.05) is 5.43 Å². The van der Waals surface area contributed by atoms with E-state index in [-0.39, 0.29) is 17.4 Å². The third kappa shape index (κ3) is 2.02. The number of rotatable bonds is 3. The molecule has 0 saturated heterocycles. The third-order valence-corrected chi connectivity index (χ3v) is 3.15. The maximum atomic E-state index is 12.0. The highest BCUT2D eigenvalue weighted by molar-refractivity contribution is 5.99. The van der Waals surface area contributed by atoms with Crippen LogP contribution >= 0.6 is 0 Å². The van der Waals surface area contributed by atoms with Crippen molar-refractivity contribution in [3.63, 3.8) is 0 Å². The molecular formula is C12H17N3O. The lowest BCUT2D eigenvalue weighted by molar-refractivity contribution is 0.0947. The molecule has 1 amide bonds. The van der Waals surface area contributed by atoms with E-state index in [1.807, 2.05) is 12.1 Å². The fourth-order valence-corrected chi connectivity index (χ4v) is 1.76. The second-order valence-electron chi connectivity index (χ2n) is 4.91. The van der Waals surface area contributed by atoms with Crippen molar-refractivity contribution in [3.05, 3.63) is 29.8 Å². The lowest BCUT2D eigenvalue weighted by atomic mass is 10.1. The highest BCUT2D eigenvalue weighted by atomic mass is 16.1. The molecule has 0 spiro atoms. The van der Waals surface area contributed by atoms with Crippen LogP contribution < -0.4 is 16.6 Å². The predicted octanol–water partition coefficient (Wildman–Crippen LogP) is 1.50. The average Bonchev–Trinajstić information content (AvgIpc) is 2.85. The van der Waals surface area contributed by atoms with E-state index >= 15 is 0 Å². The van der Waals surface area contributed by atoms with Crippen LogP contribution in [0.25, 0.3) is 0 Å². The van der Waals surface area contributed by atoms with Gasteiger partial charge in [-0.1, -0.05) is 26.0 Å². The van der Waals surface area contributed by atoms with Crippen LogP contribution in [-0.2, 0) is 0 Å². The first-order valence-electron chi connectivity index (χ1n) is 5.41. The fraction of sp³-hybridized carbons (Fsp3) is 0.417. The maximum absolute atomic E-state index is 12.0. The number of anilines is 1. The number of nitrogen functional groups attached to an aromatic ring is 1. The Morgan fingerprint density at radius 2 is 2.06 bits per heavy atom. The van der Waals surface area contributed by atoms with Crippen molar-refractivity contribution in [2.24, 2.45) is 11.3 Å². The van der Waals surface area contributed by atoms with Gasteiger partial charge in [0.25, 0.3) is 5.91 Å². The molecule has 4 heteroatoms. The van der Waals surface area contributed by atoms with Crippen LogP contribution in [0.15, 0.2) is 24.3 Å². The van der Waals surface area contributed by atoms with Crippen LogP contribution in [0.5, 0.6) is 0 Å². The zero-order valence-corrected chi connectivity index (χ0v) is 9.58. The lowest BCUT2D eigenvalue weighted by Gasteiger charge is -2.10. The van der Waals surface area contributed by atoms with Crippen LogP contribution in [0.1, 0.15) is 30.6 Å². The molecule has 4 N–H and O–H groups in total. The van der Waals surface area contributed by atoms with E-state index < -0.39 is 0 Å². The monoisotopic (exact) mass is 219 g/mol. The highest BCUT2D eigenvalue weighted by Crippen LogP contribution is 2.44. The molecule has 1 aliphatic carbocycles. The van der Waals surface area contributed by atoms with Gasteiger partial charge in [-0.05, 0) is 24.0 Å². The number of para-hydroxylation sites is 1. The lowest BCUT2D eigenvalue weighted by Crippen LogP contribution is -2.29. The summed E-state index contributed by atoms with van der Waals surface area (Å²) < 4.78 is 0. The molecule has 1 aromatic carbocycles. The summed E-state index contributed by atoms with van der Waals surface area (Å²) in [5.41, 5.74) is 4.01. The minimum Gasteiger partial charge on any atom is -0.349 e. The second kappa shape index (κ2) is 3.79. The van der Waals surface area contributed by atoms with E-state index in [0.29, 0.717) is 11.3 Å². The van der Waals surface area contributed by atoms with Crippen LogP contribution in [0.4, 0.5) is 5.69 Å². The van der Waals surface area contributed by atoms with Crippen LogP contribution in [-0.4, -0.2) is 11.9 Å². The van der Waals surface area contributed by atoms with E-state index in [2.05, 4.69) is 24.6 Å². The molecule has 0 heterocycles. The summed E-state index contributed by atoms with van der Waals surface area (Å²) in [6.45, 7) is 4.29. The standard InChI is InChI=1S/C12H17N3O/c1-12(2)7-10(12)14-11(16)8-5-3-4-6-9(8)15-13/h3-6,10,15H,7,13H2,1-2H3,(H,14,16). The molecule has 0 aromatic heterocycles. The molecule has 0 radical (unpaired) electrons. The summed E-state index contributed by atoms with van der Waals surface area (Å²) in [6.07, 6.45) is 1.04. The van der Waals surface area contributed by atoms with Crippen LogP contribution in [0.3, 0.4) is 0 Å². The van der Waals surface area contributed by atoms with Gasteiger partial charge in [-0.2, -0.15) is 0 Å². The normalized spacial score (nSPS) is 21.3. The summed E-state index contributed by atoms with van der Waals surface area (Å²) >= 11 is 0. The van der Waals surface area contributed by atoms with Crippen molar-refractivity contribution in [1.29, 1.82) is 0 Å². The number of hydrogen-bond acceptors (Lipinski definition) is 3. The van der Waals surface area contributed by atoms with E-state index in [4.69, 9.17) is 5.84 Å². The zero-order chi connectivity index (χ0) is 11.8. The largest absolute Gasteiger partial charge is 0.349 e. The van der Waals surface area contributed by atoms with Crippen molar-refractivity contribution in [3.8, 4) is 0 Å². The number of nitrogens with two attached hydrogens (primary N) is 1. The van der Waals surface area contributed by atoms with E-state index in [0.717, 1.165) is 6.42 Å². The molecule has 0 bridgehead atoms. The van der Waals surface area contributed by atoms with E-state index in [9.17, 15) is 4.79 Å². The quantitative estimate of drug-likeness (QED) is 0.533. The van der Waals surface area contributed by atoms with E-state index in [1.54, 1.807) is 12.1 Å². The van der Waals surface area contributed by atoms with Crippen molar-refractivity contribution < 1.29 is 4.79 Å². The highest BCUT2D eigenvalue weighted by Gasteiger charge is 2.46. The summed E-state index contributed by atoms with van der Waals surface area (Å²) in [7, 11) is 0. The number of benzene rings is 1. The molecule has 1 aliphatic rings. The maximum Gasteiger partial charge on any atom is 0.253 e. The van der Waals surface area contributed by atoms with Gasteiger partial charge in [0.15, 0.2) is 0 Å². The Kier molecular flexibility index (Phi) is 2.59. The Labute approximate surface area is 95.2 Å². The minimum atomic E-state index is -0.0656. The number of carbonyl (C=O) groups excluding carboxylic acids is 1. The molecule has 1 saturated carbocycles. The molecule has 4 nitrogen and oxygen atoms in total. The summed E-state index contributed by atoms with van der Waals surface area (Å²) in [6, 6.07) is 7.50. The SMILES string of the molecule is CC1(C)CC1NC(=O)c1ccccc1NN. The van der Waals surface area contributed by atoms with Gasteiger partial charge >= 0.3 is 0 Å². The first kappa shape index (κ1) is 11.0. The Morgan fingerprint density at radius 3 is 2.62 bits per heavy atom. The third-order valence-electron chi connectivity index (χ3n) is 3.15. The zero-order valence-electron chi connectivity index (χ0n) is 9.58. The van der Waals surface area contributed by atoms with Gasteiger partial charge in [0.2, 0.25) is 0 Å². The number of hydrazine groups is 1.